The predicted molar refractivity (Wildman–Crippen MR) is 131 cm³/mol. The fraction of sp³-hybridized carbons (Fsp3) is 0.192. The van der Waals surface area contributed by atoms with E-state index in [0.29, 0.717) is 31.1 Å². The molecular weight excluding hydrogens is 444 g/mol. The van der Waals surface area contributed by atoms with E-state index in [-0.39, 0.29) is 0 Å². The Morgan fingerprint density at radius 3 is 2.51 bits per heavy atom. The van der Waals surface area contributed by atoms with Gasteiger partial charge in [-0.15, -0.1) is 5.10 Å². The highest BCUT2D eigenvalue weighted by Crippen LogP contribution is 2.30. The minimum atomic E-state index is -0.395. The lowest BCUT2D eigenvalue weighted by atomic mass is 9.98. The summed E-state index contributed by atoms with van der Waals surface area (Å²) in [5.74, 6) is 0.976. The maximum absolute atomic E-state index is 12.5. The molecule has 5 aromatic rings. The van der Waals surface area contributed by atoms with Gasteiger partial charge in [0.05, 0.1) is 23.7 Å². The summed E-state index contributed by atoms with van der Waals surface area (Å²) in [5, 5.41) is 14.3. The van der Waals surface area contributed by atoms with E-state index in [1.165, 1.54) is 7.11 Å². The molecule has 0 radical (unpaired) electrons. The summed E-state index contributed by atoms with van der Waals surface area (Å²) in [5.41, 5.74) is 6.00. The zero-order chi connectivity index (χ0) is 24.2. The Morgan fingerprint density at radius 1 is 1.00 bits per heavy atom. The SMILES string of the molecule is CCOCc1nc2cccc(C(=O)OC)c2n1Cc1ccc(-c2ccccc2-c2nnn[nH]2)cc1. The molecule has 0 aliphatic heterocycles. The van der Waals surface area contributed by atoms with E-state index in [2.05, 4.69) is 44.9 Å². The molecule has 2 heterocycles. The first-order valence-electron chi connectivity index (χ1n) is 11.3. The standard InChI is InChI=1S/C26H24N6O3/c1-3-35-16-23-27-22-10-6-9-21(26(33)34-2)24(22)32(23)15-17-11-13-18(14-12-17)19-7-4-5-8-20(19)25-28-30-31-29-25/h4-14H,3,15-16H2,1-2H3,(H,28,29,30,31). The van der Waals surface area contributed by atoms with E-state index >= 15 is 0 Å². The van der Waals surface area contributed by atoms with Crippen LogP contribution in [-0.4, -0.2) is 49.9 Å². The number of ether oxygens (including phenoxy) is 2. The molecule has 35 heavy (non-hydrogen) atoms. The van der Waals surface area contributed by atoms with Gasteiger partial charge in [-0.3, -0.25) is 0 Å². The number of fused-ring (bicyclic) bond motifs is 1. The van der Waals surface area contributed by atoms with Crippen LogP contribution in [0.4, 0.5) is 0 Å². The van der Waals surface area contributed by atoms with Crippen molar-refractivity contribution in [2.75, 3.05) is 13.7 Å². The number of aromatic nitrogens is 6. The summed E-state index contributed by atoms with van der Waals surface area (Å²) in [6.07, 6.45) is 0. The van der Waals surface area contributed by atoms with Crippen LogP contribution in [0.25, 0.3) is 33.5 Å². The first-order chi connectivity index (χ1) is 17.2. The molecule has 2 aromatic heterocycles. The summed E-state index contributed by atoms with van der Waals surface area (Å²) < 4.78 is 12.7. The van der Waals surface area contributed by atoms with Crippen LogP contribution in [0.15, 0.2) is 66.7 Å². The highest BCUT2D eigenvalue weighted by atomic mass is 16.5. The lowest BCUT2D eigenvalue weighted by Crippen LogP contribution is -2.10. The number of benzene rings is 3. The van der Waals surface area contributed by atoms with Crippen molar-refractivity contribution in [2.24, 2.45) is 0 Å². The summed E-state index contributed by atoms with van der Waals surface area (Å²) >= 11 is 0. The Kier molecular flexibility index (Phi) is 6.32. The fourth-order valence-corrected chi connectivity index (χ4v) is 4.17. The maximum Gasteiger partial charge on any atom is 0.340 e. The average molecular weight is 469 g/mol. The number of carbonyl (C=O) groups excluding carboxylic acids is 1. The number of nitrogens with zero attached hydrogens (tertiary/aromatic N) is 5. The zero-order valence-corrected chi connectivity index (χ0v) is 19.4. The highest BCUT2D eigenvalue weighted by Gasteiger charge is 2.19. The fourth-order valence-electron chi connectivity index (χ4n) is 4.17. The van der Waals surface area contributed by atoms with Crippen molar-refractivity contribution in [1.82, 2.24) is 30.2 Å². The number of imidazole rings is 1. The highest BCUT2D eigenvalue weighted by molar-refractivity contribution is 6.02. The molecule has 0 spiro atoms. The molecule has 0 atom stereocenters. The summed E-state index contributed by atoms with van der Waals surface area (Å²) in [6, 6.07) is 21.7. The minimum absolute atomic E-state index is 0.350. The van der Waals surface area contributed by atoms with Crippen molar-refractivity contribution in [3.63, 3.8) is 0 Å². The Balaban J connectivity index is 1.52. The number of carbonyl (C=O) groups is 1. The summed E-state index contributed by atoms with van der Waals surface area (Å²) in [4.78, 5) is 17.2. The number of hydrogen-bond acceptors (Lipinski definition) is 7. The zero-order valence-electron chi connectivity index (χ0n) is 19.4. The summed E-state index contributed by atoms with van der Waals surface area (Å²) in [7, 11) is 1.38. The van der Waals surface area contributed by atoms with Crippen molar-refractivity contribution in [1.29, 1.82) is 0 Å². The molecule has 0 bridgehead atoms. The Bertz CT molecular complexity index is 1460. The normalized spacial score (nSPS) is 11.1. The lowest BCUT2D eigenvalue weighted by molar-refractivity contribution is 0.0602. The van der Waals surface area contributed by atoms with E-state index in [1.807, 2.05) is 47.9 Å². The second kappa shape index (κ2) is 9.86. The van der Waals surface area contributed by atoms with Crippen LogP contribution in [0, 0.1) is 0 Å². The molecule has 0 saturated heterocycles. The number of methoxy groups -OCH3 is 1. The lowest BCUT2D eigenvalue weighted by Gasteiger charge is -2.13. The first kappa shape index (κ1) is 22.4. The second-order valence-electron chi connectivity index (χ2n) is 7.91. The van der Waals surface area contributed by atoms with Crippen molar-refractivity contribution in [3.8, 4) is 22.5 Å². The molecule has 0 fully saturated rings. The van der Waals surface area contributed by atoms with Gasteiger partial charge in [0.2, 0.25) is 0 Å². The molecule has 0 unspecified atom stereocenters. The van der Waals surface area contributed by atoms with Crippen LogP contribution in [0.5, 0.6) is 0 Å². The Hall–Kier alpha value is -4.37. The molecule has 0 saturated carbocycles. The van der Waals surface area contributed by atoms with Crippen LogP contribution in [0.1, 0.15) is 28.7 Å². The quantitative estimate of drug-likeness (QED) is 0.339. The molecule has 176 valence electrons. The van der Waals surface area contributed by atoms with Gasteiger partial charge in [-0.2, -0.15) is 0 Å². The third-order valence-electron chi connectivity index (χ3n) is 5.82. The molecule has 1 N–H and O–H groups in total. The van der Waals surface area contributed by atoms with Gasteiger partial charge in [-0.1, -0.05) is 54.6 Å². The van der Waals surface area contributed by atoms with Gasteiger partial charge in [0.25, 0.3) is 0 Å². The van der Waals surface area contributed by atoms with E-state index in [4.69, 9.17) is 14.5 Å². The van der Waals surface area contributed by atoms with Gasteiger partial charge in [-0.25, -0.2) is 14.9 Å². The predicted octanol–water partition coefficient (Wildman–Crippen LogP) is 4.25. The van der Waals surface area contributed by atoms with Crippen molar-refractivity contribution < 1.29 is 14.3 Å². The van der Waals surface area contributed by atoms with Crippen LogP contribution >= 0.6 is 0 Å². The average Bonchev–Trinajstić information content (AvgIpc) is 3.56. The van der Waals surface area contributed by atoms with Crippen molar-refractivity contribution in [3.05, 3.63) is 83.7 Å². The van der Waals surface area contributed by atoms with E-state index < -0.39 is 5.97 Å². The molecule has 0 aliphatic carbocycles. The van der Waals surface area contributed by atoms with Crippen LogP contribution in [0.2, 0.25) is 0 Å². The molecule has 9 nitrogen and oxygen atoms in total. The van der Waals surface area contributed by atoms with E-state index in [1.54, 1.807) is 6.07 Å². The van der Waals surface area contributed by atoms with Gasteiger partial charge < -0.3 is 14.0 Å². The van der Waals surface area contributed by atoms with Crippen molar-refractivity contribution >= 4 is 17.0 Å². The van der Waals surface area contributed by atoms with Crippen LogP contribution < -0.4 is 0 Å². The van der Waals surface area contributed by atoms with Gasteiger partial charge >= 0.3 is 5.97 Å². The topological polar surface area (TPSA) is 108 Å². The molecule has 0 amide bonds. The number of nitrogens with one attached hydrogen (secondary N) is 1. The third-order valence-corrected chi connectivity index (χ3v) is 5.82. The van der Waals surface area contributed by atoms with Crippen LogP contribution in [-0.2, 0) is 22.6 Å². The van der Waals surface area contributed by atoms with E-state index in [9.17, 15) is 4.79 Å². The smallest absolute Gasteiger partial charge is 0.340 e. The first-order valence-corrected chi connectivity index (χ1v) is 11.3. The molecule has 0 aliphatic rings. The summed E-state index contributed by atoms with van der Waals surface area (Å²) in [6.45, 7) is 3.39. The van der Waals surface area contributed by atoms with Crippen molar-refractivity contribution in [2.45, 2.75) is 20.1 Å². The van der Waals surface area contributed by atoms with E-state index in [0.717, 1.165) is 39.1 Å². The van der Waals surface area contributed by atoms with Gasteiger partial charge in [0.15, 0.2) is 5.82 Å². The number of tetrazole rings is 1. The number of para-hydroxylation sites is 1. The van der Waals surface area contributed by atoms with Gasteiger partial charge in [0.1, 0.15) is 12.4 Å². The Labute approximate surface area is 201 Å². The Morgan fingerprint density at radius 2 is 1.80 bits per heavy atom. The molecule has 3 aromatic carbocycles. The van der Waals surface area contributed by atoms with Gasteiger partial charge in [0, 0.05) is 18.7 Å². The third kappa shape index (κ3) is 4.41. The maximum atomic E-state index is 12.5. The minimum Gasteiger partial charge on any atom is -0.465 e. The largest absolute Gasteiger partial charge is 0.465 e. The molecular formula is C26H24N6O3. The number of H-pyrrole nitrogens is 1. The van der Waals surface area contributed by atoms with Gasteiger partial charge in [-0.05, 0) is 46.2 Å². The monoisotopic (exact) mass is 468 g/mol. The number of esters is 1. The molecule has 9 heteroatoms. The number of rotatable bonds is 8. The van der Waals surface area contributed by atoms with Crippen LogP contribution in [0.3, 0.4) is 0 Å². The number of aromatic amines is 1. The molecule has 5 rings (SSSR count). The second-order valence-corrected chi connectivity index (χ2v) is 7.91. The number of hydrogen-bond donors (Lipinski definition) is 1.